The molecule has 1 atom stereocenters. The van der Waals surface area contributed by atoms with Gasteiger partial charge in [-0.05, 0) is 44.5 Å². The molecule has 1 aromatic carbocycles. The predicted octanol–water partition coefficient (Wildman–Crippen LogP) is 2.80. The van der Waals surface area contributed by atoms with Crippen molar-refractivity contribution >= 4 is 5.97 Å². The standard InChI is InChI=1S/C19H24N2O5/c1-12-14(11-21-9-5-6-15(21)19(22)25-4)20-18(26-12)13-7-8-16(23-2)17(10-13)24-3/h7-8,10,15H,5-6,9,11H2,1-4H3/t15-/m0/s1. The molecule has 7 heteroatoms. The molecule has 0 spiro atoms. The fourth-order valence-corrected chi connectivity index (χ4v) is 3.28. The molecule has 1 aliphatic rings. The number of likely N-dealkylation sites (tertiary alicyclic amines) is 1. The van der Waals surface area contributed by atoms with Crippen molar-refractivity contribution in [2.45, 2.75) is 32.4 Å². The monoisotopic (exact) mass is 360 g/mol. The van der Waals surface area contributed by atoms with Gasteiger partial charge >= 0.3 is 5.97 Å². The average molecular weight is 360 g/mol. The molecule has 0 aliphatic carbocycles. The molecule has 26 heavy (non-hydrogen) atoms. The highest BCUT2D eigenvalue weighted by molar-refractivity contribution is 5.76. The van der Waals surface area contributed by atoms with Gasteiger partial charge in [-0.25, -0.2) is 4.98 Å². The number of rotatable bonds is 6. The van der Waals surface area contributed by atoms with Gasteiger partial charge in [0.1, 0.15) is 11.8 Å². The summed E-state index contributed by atoms with van der Waals surface area (Å²) in [5.41, 5.74) is 1.63. The quantitative estimate of drug-likeness (QED) is 0.733. The Morgan fingerprint density at radius 3 is 2.73 bits per heavy atom. The number of methoxy groups -OCH3 is 3. The van der Waals surface area contributed by atoms with E-state index < -0.39 is 0 Å². The zero-order chi connectivity index (χ0) is 18.7. The lowest BCUT2D eigenvalue weighted by atomic mass is 10.2. The molecule has 2 heterocycles. The fraction of sp³-hybridized carbons (Fsp3) is 0.474. The summed E-state index contributed by atoms with van der Waals surface area (Å²) in [4.78, 5) is 18.7. The Morgan fingerprint density at radius 2 is 2.04 bits per heavy atom. The van der Waals surface area contributed by atoms with Crippen LogP contribution < -0.4 is 9.47 Å². The normalized spacial score (nSPS) is 17.3. The molecule has 2 aromatic rings. The van der Waals surface area contributed by atoms with Crippen molar-refractivity contribution < 1.29 is 23.4 Å². The third kappa shape index (κ3) is 3.53. The van der Waals surface area contributed by atoms with Gasteiger partial charge in [0, 0.05) is 12.1 Å². The maximum absolute atomic E-state index is 11.9. The second-order valence-electron chi connectivity index (χ2n) is 6.24. The van der Waals surface area contributed by atoms with E-state index in [1.807, 2.05) is 25.1 Å². The van der Waals surface area contributed by atoms with Gasteiger partial charge in [-0.3, -0.25) is 9.69 Å². The van der Waals surface area contributed by atoms with Crippen LogP contribution in [0.2, 0.25) is 0 Å². The average Bonchev–Trinajstić information content (AvgIpc) is 3.27. The molecule has 0 radical (unpaired) electrons. The van der Waals surface area contributed by atoms with Crippen molar-refractivity contribution in [2.24, 2.45) is 0 Å². The molecule has 0 unspecified atom stereocenters. The van der Waals surface area contributed by atoms with Gasteiger partial charge in [0.05, 0.1) is 27.0 Å². The molecular formula is C19H24N2O5. The van der Waals surface area contributed by atoms with E-state index in [9.17, 15) is 4.79 Å². The van der Waals surface area contributed by atoms with Crippen molar-refractivity contribution in [3.8, 4) is 23.0 Å². The topological polar surface area (TPSA) is 74.0 Å². The zero-order valence-electron chi connectivity index (χ0n) is 15.6. The Morgan fingerprint density at radius 1 is 1.27 bits per heavy atom. The number of carbonyl (C=O) groups excluding carboxylic acids is 1. The Bertz CT molecular complexity index is 786. The molecule has 0 bridgehead atoms. The van der Waals surface area contributed by atoms with Crippen molar-refractivity contribution in [1.29, 1.82) is 0 Å². The third-order valence-corrected chi connectivity index (χ3v) is 4.71. The molecule has 3 rings (SSSR count). The highest BCUT2D eigenvalue weighted by atomic mass is 16.5. The highest BCUT2D eigenvalue weighted by Gasteiger charge is 2.32. The first-order chi connectivity index (χ1) is 12.6. The lowest BCUT2D eigenvalue weighted by Crippen LogP contribution is -2.36. The number of aromatic nitrogens is 1. The summed E-state index contributed by atoms with van der Waals surface area (Å²) in [7, 11) is 4.61. The molecule has 0 amide bonds. The minimum atomic E-state index is -0.208. The summed E-state index contributed by atoms with van der Waals surface area (Å²) >= 11 is 0. The highest BCUT2D eigenvalue weighted by Crippen LogP contribution is 2.33. The van der Waals surface area contributed by atoms with Crippen molar-refractivity contribution in [1.82, 2.24) is 9.88 Å². The van der Waals surface area contributed by atoms with Crippen LogP contribution >= 0.6 is 0 Å². The Kier molecular flexibility index (Phi) is 5.46. The van der Waals surface area contributed by atoms with E-state index in [0.29, 0.717) is 23.9 Å². The Hall–Kier alpha value is -2.54. The largest absolute Gasteiger partial charge is 0.493 e. The maximum Gasteiger partial charge on any atom is 0.323 e. The van der Waals surface area contributed by atoms with Gasteiger partial charge in [-0.15, -0.1) is 0 Å². The van der Waals surface area contributed by atoms with Crippen molar-refractivity contribution in [3.05, 3.63) is 29.7 Å². The Labute approximate surface area is 152 Å². The summed E-state index contributed by atoms with van der Waals surface area (Å²) in [6, 6.07) is 5.33. The van der Waals surface area contributed by atoms with Crippen LogP contribution in [0, 0.1) is 6.92 Å². The third-order valence-electron chi connectivity index (χ3n) is 4.71. The van der Waals surface area contributed by atoms with Gasteiger partial charge < -0.3 is 18.6 Å². The van der Waals surface area contributed by atoms with Gasteiger partial charge in [0.2, 0.25) is 5.89 Å². The van der Waals surface area contributed by atoms with E-state index in [1.54, 1.807) is 14.2 Å². The van der Waals surface area contributed by atoms with E-state index in [0.717, 1.165) is 36.4 Å². The molecular weight excluding hydrogens is 336 g/mol. The minimum absolute atomic E-state index is 0.191. The Balaban J connectivity index is 1.82. The van der Waals surface area contributed by atoms with E-state index >= 15 is 0 Å². The molecule has 1 aliphatic heterocycles. The lowest BCUT2D eigenvalue weighted by molar-refractivity contribution is -0.146. The summed E-state index contributed by atoms with van der Waals surface area (Å²) in [6.07, 6.45) is 1.78. The number of hydrogen-bond acceptors (Lipinski definition) is 7. The van der Waals surface area contributed by atoms with E-state index in [4.69, 9.17) is 18.6 Å². The summed E-state index contributed by atoms with van der Waals surface area (Å²) in [6.45, 7) is 3.29. The molecule has 140 valence electrons. The lowest BCUT2D eigenvalue weighted by Gasteiger charge is -2.21. The van der Waals surface area contributed by atoms with Crippen LogP contribution in [0.25, 0.3) is 11.5 Å². The number of carbonyl (C=O) groups is 1. The first kappa shape index (κ1) is 18.3. The number of ether oxygens (including phenoxy) is 3. The molecule has 7 nitrogen and oxygen atoms in total. The van der Waals surface area contributed by atoms with E-state index in [1.165, 1.54) is 7.11 Å². The second kappa shape index (κ2) is 7.78. The molecule has 1 saturated heterocycles. The number of hydrogen-bond donors (Lipinski definition) is 0. The van der Waals surface area contributed by atoms with Crippen LogP contribution in [0.3, 0.4) is 0 Å². The van der Waals surface area contributed by atoms with Crippen LogP contribution in [0.5, 0.6) is 11.5 Å². The van der Waals surface area contributed by atoms with Crippen LogP contribution in [0.15, 0.2) is 22.6 Å². The number of oxazole rings is 1. The van der Waals surface area contributed by atoms with Gasteiger partial charge in [0.25, 0.3) is 0 Å². The van der Waals surface area contributed by atoms with Crippen molar-refractivity contribution in [3.63, 3.8) is 0 Å². The van der Waals surface area contributed by atoms with Gasteiger partial charge in [-0.1, -0.05) is 0 Å². The summed E-state index contributed by atoms with van der Waals surface area (Å²) < 4.78 is 21.4. The molecule has 1 fully saturated rings. The van der Waals surface area contributed by atoms with Crippen LogP contribution in [-0.2, 0) is 16.1 Å². The van der Waals surface area contributed by atoms with Crippen LogP contribution in [0.4, 0.5) is 0 Å². The summed E-state index contributed by atoms with van der Waals surface area (Å²) in [5.74, 6) is 2.34. The maximum atomic E-state index is 11.9. The van der Waals surface area contributed by atoms with Gasteiger partial charge in [-0.2, -0.15) is 0 Å². The second-order valence-corrected chi connectivity index (χ2v) is 6.24. The van der Waals surface area contributed by atoms with Crippen LogP contribution in [0.1, 0.15) is 24.3 Å². The minimum Gasteiger partial charge on any atom is -0.493 e. The number of nitrogens with zero attached hydrogens (tertiary/aromatic N) is 2. The van der Waals surface area contributed by atoms with Gasteiger partial charge in [0.15, 0.2) is 11.5 Å². The summed E-state index contributed by atoms with van der Waals surface area (Å²) in [5, 5.41) is 0. The van der Waals surface area contributed by atoms with Crippen LogP contribution in [-0.4, -0.2) is 49.8 Å². The SMILES string of the molecule is COC(=O)[C@@H]1CCCN1Cc1nc(-c2ccc(OC)c(OC)c2)oc1C. The molecule has 1 aromatic heterocycles. The first-order valence-electron chi connectivity index (χ1n) is 8.58. The predicted molar refractivity (Wildman–Crippen MR) is 95.2 cm³/mol. The van der Waals surface area contributed by atoms with E-state index in [-0.39, 0.29) is 12.0 Å². The molecule has 0 N–H and O–H groups in total. The first-order valence-corrected chi connectivity index (χ1v) is 8.58. The number of benzene rings is 1. The molecule has 0 saturated carbocycles. The smallest absolute Gasteiger partial charge is 0.323 e. The van der Waals surface area contributed by atoms with Crippen molar-refractivity contribution in [2.75, 3.05) is 27.9 Å². The number of aryl methyl sites for hydroxylation is 1. The fourth-order valence-electron chi connectivity index (χ4n) is 3.28. The van der Waals surface area contributed by atoms with E-state index in [2.05, 4.69) is 9.88 Å². The zero-order valence-corrected chi connectivity index (χ0v) is 15.6. The number of esters is 1.